The van der Waals surface area contributed by atoms with Crippen LogP contribution in [-0.4, -0.2) is 35.0 Å². The van der Waals surface area contributed by atoms with Gasteiger partial charge in [-0.25, -0.2) is 0 Å². The number of rotatable bonds is 7. The number of carbonyl (C=O) groups excluding carboxylic acids is 1. The zero-order valence-electron chi connectivity index (χ0n) is 12.3. The summed E-state index contributed by atoms with van der Waals surface area (Å²) in [7, 11) is 0. The van der Waals surface area contributed by atoms with E-state index in [4.69, 9.17) is 10.8 Å². The molecule has 1 saturated carbocycles. The minimum Gasteiger partial charge on any atom is -0.480 e. The first kappa shape index (κ1) is 15.4. The van der Waals surface area contributed by atoms with Crippen molar-refractivity contribution in [2.45, 2.75) is 32.1 Å². The standard InChI is InChI=1S/C16H22N2O3/c1-11(13-4-6-14(17)7-5-13)8-15(19)18(10-16(20)21)9-12-2-3-12/h4-7,11-12H,2-3,8-10,17H2,1H3,(H,20,21). The Morgan fingerprint density at radius 2 is 1.95 bits per heavy atom. The molecule has 1 aromatic carbocycles. The van der Waals surface area contributed by atoms with E-state index in [1.54, 1.807) is 0 Å². The number of hydrogen-bond acceptors (Lipinski definition) is 3. The lowest BCUT2D eigenvalue weighted by Crippen LogP contribution is -2.37. The van der Waals surface area contributed by atoms with Gasteiger partial charge in [0.25, 0.3) is 0 Å². The Morgan fingerprint density at radius 3 is 2.48 bits per heavy atom. The molecular weight excluding hydrogens is 268 g/mol. The van der Waals surface area contributed by atoms with Gasteiger partial charge in [0.15, 0.2) is 0 Å². The lowest BCUT2D eigenvalue weighted by molar-refractivity contribution is -0.144. The van der Waals surface area contributed by atoms with Crippen molar-refractivity contribution < 1.29 is 14.7 Å². The molecule has 0 spiro atoms. The molecule has 0 radical (unpaired) electrons. The Bertz CT molecular complexity index is 509. The predicted molar refractivity (Wildman–Crippen MR) is 80.8 cm³/mol. The highest BCUT2D eigenvalue weighted by Crippen LogP contribution is 2.30. The summed E-state index contributed by atoms with van der Waals surface area (Å²) in [6.07, 6.45) is 2.51. The molecule has 1 aromatic rings. The smallest absolute Gasteiger partial charge is 0.323 e. The third-order valence-electron chi connectivity index (χ3n) is 3.84. The lowest BCUT2D eigenvalue weighted by Gasteiger charge is -2.22. The first-order valence-electron chi connectivity index (χ1n) is 7.30. The second kappa shape index (κ2) is 6.61. The van der Waals surface area contributed by atoms with E-state index in [0.717, 1.165) is 18.4 Å². The molecule has 0 aliphatic heterocycles. The highest BCUT2D eigenvalue weighted by molar-refractivity contribution is 5.82. The van der Waals surface area contributed by atoms with Gasteiger partial charge in [-0.1, -0.05) is 19.1 Å². The topological polar surface area (TPSA) is 83.6 Å². The van der Waals surface area contributed by atoms with Crippen molar-refractivity contribution >= 4 is 17.6 Å². The van der Waals surface area contributed by atoms with Crippen LogP contribution < -0.4 is 5.73 Å². The van der Waals surface area contributed by atoms with Gasteiger partial charge in [-0.15, -0.1) is 0 Å². The fraction of sp³-hybridized carbons (Fsp3) is 0.500. The van der Waals surface area contributed by atoms with Gasteiger partial charge in [0.1, 0.15) is 6.54 Å². The summed E-state index contributed by atoms with van der Waals surface area (Å²) in [5.74, 6) is -0.508. The van der Waals surface area contributed by atoms with E-state index in [1.807, 2.05) is 31.2 Å². The molecule has 1 fully saturated rings. The Hall–Kier alpha value is -2.04. The molecule has 0 saturated heterocycles. The summed E-state index contributed by atoms with van der Waals surface area (Å²) >= 11 is 0. The molecule has 1 atom stereocenters. The maximum atomic E-state index is 12.3. The van der Waals surface area contributed by atoms with Crippen LogP contribution in [0.3, 0.4) is 0 Å². The van der Waals surface area contributed by atoms with Crippen molar-refractivity contribution in [3.8, 4) is 0 Å². The summed E-state index contributed by atoms with van der Waals surface area (Å²) < 4.78 is 0. The van der Waals surface area contributed by atoms with Crippen LogP contribution in [0.5, 0.6) is 0 Å². The summed E-state index contributed by atoms with van der Waals surface area (Å²) in [5.41, 5.74) is 7.39. The molecule has 0 aromatic heterocycles. The van der Waals surface area contributed by atoms with Crippen LogP contribution in [0.15, 0.2) is 24.3 Å². The summed E-state index contributed by atoms with van der Waals surface area (Å²) in [5, 5.41) is 8.94. The zero-order chi connectivity index (χ0) is 15.4. The van der Waals surface area contributed by atoms with Gasteiger partial charge >= 0.3 is 5.97 Å². The van der Waals surface area contributed by atoms with Crippen LogP contribution in [0.25, 0.3) is 0 Å². The Kier molecular flexibility index (Phi) is 4.83. The maximum Gasteiger partial charge on any atom is 0.323 e. The van der Waals surface area contributed by atoms with Gasteiger partial charge < -0.3 is 15.7 Å². The molecule has 2 rings (SSSR count). The lowest BCUT2D eigenvalue weighted by atomic mass is 9.97. The predicted octanol–water partition coefficient (Wildman–Crippen LogP) is 2.09. The number of carbonyl (C=O) groups is 2. The van der Waals surface area contributed by atoms with Crippen LogP contribution in [0.4, 0.5) is 5.69 Å². The zero-order valence-corrected chi connectivity index (χ0v) is 12.3. The van der Waals surface area contributed by atoms with E-state index in [9.17, 15) is 9.59 Å². The number of hydrogen-bond donors (Lipinski definition) is 2. The van der Waals surface area contributed by atoms with E-state index in [1.165, 1.54) is 4.90 Å². The molecule has 1 amide bonds. The van der Waals surface area contributed by atoms with Crippen LogP contribution in [-0.2, 0) is 9.59 Å². The van der Waals surface area contributed by atoms with E-state index in [-0.39, 0.29) is 18.4 Å². The number of nitrogens with zero attached hydrogens (tertiary/aromatic N) is 1. The van der Waals surface area contributed by atoms with E-state index < -0.39 is 5.97 Å². The van der Waals surface area contributed by atoms with E-state index in [0.29, 0.717) is 24.6 Å². The van der Waals surface area contributed by atoms with Crippen molar-refractivity contribution in [2.24, 2.45) is 5.92 Å². The minimum absolute atomic E-state index is 0.0496. The maximum absolute atomic E-state index is 12.3. The molecule has 0 heterocycles. The molecule has 1 aliphatic carbocycles. The first-order valence-corrected chi connectivity index (χ1v) is 7.30. The number of carboxylic acid groups (broad SMARTS) is 1. The molecule has 5 nitrogen and oxygen atoms in total. The van der Waals surface area contributed by atoms with Crippen molar-refractivity contribution in [1.29, 1.82) is 0 Å². The molecule has 3 N–H and O–H groups in total. The number of amides is 1. The number of benzene rings is 1. The molecular formula is C16H22N2O3. The van der Waals surface area contributed by atoms with Crippen molar-refractivity contribution in [3.63, 3.8) is 0 Å². The normalized spacial score (nSPS) is 15.5. The van der Waals surface area contributed by atoms with Gasteiger partial charge in [0, 0.05) is 18.7 Å². The first-order chi connectivity index (χ1) is 9.95. The Balaban J connectivity index is 1.95. The number of carboxylic acids is 1. The average molecular weight is 290 g/mol. The van der Waals surface area contributed by atoms with E-state index >= 15 is 0 Å². The van der Waals surface area contributed by atoms with Crippen LogP contribution in [0, 0.1) is 5.92 Å². The van der Waals surface area contributed by atoms with Crippen molar-refractivity contribution in [2.75, 3.05) is 18.8 Å². The molecule has 5 heteroatoms. The molecule has 1 unspecified atom stereocenters. The number of nitrogen functional groups attached to an aromatic ring is 1. The molecule has 21 heavy (non-hydrogen) atoms. The van der Waals surface area contributed by atoms with Crippen LogP contribution in [0.2, 0.25) is 0 Å². The largest absolute Gasteiger partial charge is 0.480 e. The summed E-state index contributed by atoms with van der Waals surface area (Å²) in [4.78, 5) is 24.7. The van der Waals surface area contributed by atoms with Gasteiger partial charge in [-0.2, -0.15) is 0 Å². The fourth-order valence-electron chi connectivity index (χ4n) is 2.36. The number of anilines is 1. The van der Waals surface area contributed by atoms with E-state index in [2.05, 4.69) is 0 Å². The Labute approximate surface area is 124 Å². The second-order valence-corrected chi connectivity index (χ2v) is 5.88. The van der Waals surface area contributed by atoms with Crippen LogP contribution in [0.1, 0.15) is 37.7 Å². The van der Waals surface area contributed by atoms with Gasteiger partial charge in [0.05, 0.1) is 0 Å². The number of aliphatic carboxylic acids is 1. The highest BCUT2D eigenvalue weighted by Gasteiger charge is 2.28. The van der Waals surface area contributed by atoms with Gasteiger partial charge in [0.2, 0.25) is 5.91 Å². The number of nitrogens with two attached hydrogens (primary N) is 1. The summed E-state index contributed by atoms with van der Waals surface area (Å²) in [6, 6.07) is 7.45. The SMILES string of the molecule is CC(CC(=O)N(CC(=O)O)CC1CC1)c1ccc(N)cc1. The fourth-order valence-corrected chi connectivity index (χ4v) is 2.36. The van der Waals surface area contributed by atoms with Gasteiger partial charge in [-0.05, 0) is 42.4 Å². The second-order valence-electron chi connectivity index (χ2n) is 5.88. The van der Waals surface area contributed by atoms with Crippen molar-refractivity contribution in [1.82, 2.24) is 4.90 Å². The monoisotopic (exact) mass is 290 g/mol. The third kappa shape index (κ3) is 4.77. The molecule has 1 aliphatic rings. The van der Waals surface area contributed by atoms with Crippen LogP contribution >= 0.6 is 0 Å². The minimum atomic E-state index is -0.955. The highest BCUT2D eigenvalue weighted by atomic mass is 16.4. The van der Waals surface area contributed by atoms with Gasteiger partial charge in [-0.3, -0.25) is 9.59 Å². The summed E-state index contributed by atoms with van der Waals surface area (Å²) in [6.45, 7) is 2.34. The Morgan fingerprint density at radius 1 is 1.33 bits per heavy atom. The van der Waals surface area contributed by atoms with Crippen molar-refractivity contribution in [3.05, 3.63) is 29.8 Å². The quantitative estimate of drug-likeness (QED) is 0.753. The molecule has 114 valence electrons. The average Bonchev–Trinajstić information content (AvgIpc) is 3.22. The third-order valence-corrected chi connectivity index (χ3v) is 3.84. The molecule has 0 bridgehead atoms.